The molecule has 3 heterocycles. The first-order valence-corrected chi connectivity index (χ1v) is 7.14. The molecule has 4 atom stereocenters. The van der Waals surface area contributed by atoms with E-state index in [2.05, 4.69) is 4.98 Å². The Bertz CT molecular complexity index is 750. The standard InChI is InChI=1S/C14H18N2O7/c1-6-5-16(13(19)15-10(6)17)11-8-7(22-14(2,3)23-8)9(21-11)12(18)20-4/h5,7-9,11H,1-4H3,(H,15,17,19). The summed E-state index contributed by atoms with van der Waals surface area (Å²) in [5.74, 6) is -1.54. The fourth-order valence-electron chi connectivity index (χ4n) is 2.88. The van der Waals surface area contributed by atoms with E-state index in [1.54, 1.807) is 20.8 Å². The summed E-state index contributed by atoms with van der Waals surface area (Å²) in [7, 11) is 1.24. The molecule has 23 heavy (non-hydrogen) atoms. The molecule has 0 spiro atoms. The highest BCUT2D eigenvalue weighted by Crippen LogP contribution is 2.42. The lowest BCUT2D eigenvalue weighted by Crippen LogP contribution is -2.38. The number of aryl methyl sites for hydroxylation is 1. The van der Waals surface area contributed by atoms with E-state index in [1.165, 1.54) is 17.9 Å². The van der Waals surface area contributed by atoms with E-state index in [0.717, 1.165) is 0 Å². The predicted octanol–water partition coefficient (Wildman–Crippen LogP) is -0.564. The number of ether oxygens (including phenoxy) is 4. The smallest absolute Gasteiger partial charge is 0.337 e. The summed E-state index contributed by atoms with van der Waals surface area (Å²) in [4.78, 5) is 37.7. The number of fused-ring (bicyclic) bond motifs is 1. The molecule has 2 aliphatic heterocycles. The first-order chi connectivity index (χ1) is 10.7. The molecular weight excluding hydrogens is 308 g/mol. The zero-order valence-electron chi connectivity index (χ0n) is 13.2. The Morgan fingerprint density at radius 1 is 1.30 bits per heavy atom. The molecule has 0 amide bonds. The van der Waals surface area contributed by atoms with E-state index in [-0.39, 0.29) is 0 Å². The quantitative estimate of drug-likeness (QED) is 0.725. The van der Waals surface area contributed by atoms with Crippen LogP contribution in [-0.2, 0) is 23.7 Å². The summed E-state index contributed by atoms with van der Waals surface area (Å²) in [6.45, 7) is 4.98. The third-order valence-corrected chi connectivity index (χ3v) is 3.88. The minimum Gasteiger partial charge on any atom is -0.467 e. The van der Waals surface area contributed by atoms with E-state index in [1.807, 2.05) is 0 Å². The highest BCUT2D eigenvalue weighted by Gasteiger charge is 2.58. The molecule has 3 rings (SSSR count). The van der Waals surface area contributed by atoms with Crippen molar-refractivity contribution in [1.29, 1.82) is 0 Å². The number of rotatable bonds is 2. The Kier molecular flexibility index (Phi) is 3.66. The van der Waals surface area contributed by atoms with Gasteiger partial charge in [0, 0.05) is 11.8 Å². The lowest BCUT2D eigenvalue weighted by atomic mass is 10.1. The van der Waals surface area contributed by atoms with Gasteiger partial charge in [-0.3, -0.25) is 14.3 Å². The van der Waals surface area contributed by atoms with Gasteiger partial charge in [0.1, 0.15) is 12.2 Å². The summed E-state index contributed by atoms with van der Waals surface area (Å²) in [5.41, 5.74) is -0.790. The predicted molar refractivity (Wildman–Crippen MR) is 75.8 cm³/mol. The summed E-state index contributed by atoms with van der Waals surface area (Å²) in [6, 6.07) is 0. The van der Waals surface area contributed by atoms with Crippen LogP contribution >= 0.6 is 0 Å². The monoisotopic (exact) mass is 326 g/mol. The Labute approximate surface area is 131 Å². The number of nitrogens with zero attached hydrogens (tertiary/aromatic N) is 1. The minimum absolute atomic E-state index is 0.337. The van der Waals surface area contributed by atoms with Gasteiger partial charge in [0.05, 0.1) is 7.11 Å². The molecule has 0 bridgehead atoms. The van der Waals surface area contributed by atoms with Gasteiger partial charge in [0.15, 0.2) is 18.1 Å². The second-order valence-electron chi connectivity index (χ2n) is 6.01. The van der Waals surface area contributed by atoms with Crippen LogP contribution in [0.15, 0.2) is 15.8 Å². The van der Waals surface area contributed by atoms with Crippen molar-refractivity contribution >= 4 is 5.97 Å². The third-order valence-electron chi connectivity index (χ3n) is 3.88. The number of carbonyl (C=O) groups is 1. The molecule has 9 nitrogen and oxygen atoms in total. The maximum absolute atomic E-state index is 12.1. The van der Waals surface area contributed by atoms with Crippen LogP contribution in [-0.4, -0.2) is 46.7 Å². The number of esters is 1. The molecule has 4 unspecified atom stereocenters. The van der Waals surface area contributed by atoms with Crippen LogP contribution < -0.4 is 11.2 Å². The molecule has 0 radical (unpaired) electrons. The summed E-state index contributed by atoms with van der Waals surface area (Å²) >= 11 is 0. The molecule has 126 valence electrons. The maximum Gasteiger partial charge on any atom is 0.337 e. The number of aromatic amines is 1. The number of nitrogens with one attached hydrogen (secondary N) is 1. The van der Waals surface area contributed by atoms with Gasteiger partial charge in [-0.05, 0) is 20.8 Å². The molecule has 0 aromatic carbocycles. The van der Waals surface area contributed by atoms with Crippen LogP contribution in [0.2, 0.25) is 0 Å². The second-order valence-corrected chi connectivity index (χ2v) is 6.01. The molecule has 1 N–H and O–H groups in total. The Hall–Kier alpha value is -1.97. The SMILES string of the molecule is COC(=O)C1OC(n2cc(C)c(=O)[nH]c2=O)C2OC(C)(C)OC12. The summed E-state index contributed by atoms with van der Waals surface area (Å²) in [6.07, 6.45) is -1.94. The van der Waals surface area contributed by atoms with Crippen LogP contribution in [0, 0.1) is 6.92 Å². The topological polar surface area (TPSA) is 109 Å². The first-order valence-electron chi connectivity index (χ1n) is 7.14. The number of hydrogen-bond donors (Lipinski definition) is 1. The highest BCUT2D eigenvalue weighted by atomic mass is 16.8. The van der Waals surface area contributed by atoms with Crippen LogP contribution in [0.1, 0.15) is 25.6 Å². The van der Waals surface area contributed by atoms with Crippen molar-refractivity contribution in [2.75, 3.05) is 7.11 Å². The zero-order valence-corrected chi connectivity index (χ0v) is 13.2. The summed E-state index contributed by atoms with van der Waals surface area (Å²) < 4.78 is 23.1. The average Bonchev–Trinajstić information content (AvgIpc) is 2.95. The molecule has 2 aliphatic rings. The summed E-state index contributed by atoms with van der Waals surface area (Å²) in [5, 5.41) is 0. The van der Waals surface area contributed by atoms with Crippen LogP contribution in [0.25, 0.3) is 0 Å². The van der Waals surface area contributed by atoms with E-state index < -0.39 is 47.5 Å². The van der Waals surface area contributed by atoms with Crippen molar-refractivity contribution in [3.8, 4) is 0 Å². The highest BCUT2D eigenvalue weighted by molar-refractivity contribution is 5.76. The van der Waals surface area contributed by atoms with Gasteiger partial charge in [-0.15, -0.1) is 0 Å². The molecule has 9 heteroatoms. The first kappa shape index (κ1) is 15.9. The number of carbonyl (C=O) groups excluding carboxylic acids is 1. The van der Waals surface area contributed by atoms with Crippen molar-refractivity contribution in [2.24, 2.45) is 0 Å². The lowest BCUT2D eigenvalue weighted by molar-refractivity contribution is -0.204. The molecule has 2 saturated heterocycles. The third kappa shape index (κ3) is 2.60. The number of hydrogen-bond acceptors (Lipinski definition) is 7. The van der Waals surface area contributed by atoms with Gasteiger partial charge in [-0.25, -0.2) is 9.59 Å². The maximum atomic E-state index is 12.1. The zero-order chi connectivity index (χ0) is 16.9. The second kappa shape index (κ2) is 5.29. The lowest BCUT2D eigenvalue weighted by Gasteiger charge is -2.24. The minimum atomic E-state index is -1.02. The van der Waals surface area contributed by atoms with Crippen LogP contribution in [0.3, 0.4) is 0 Å². The van der Waals surface area contributed by atoms with Crippen molar-refractivity contribution in [1.82, 2.24) is 9.55 Å². The molecule has 1 aromatic rings. The van der Waals surface area contributed by atoms with Gasteiger partial charge in [0.2, 0.25) is 0 Å². The Morgan fingerprint density at radius 3 is 2.61 bits per heavy atom. The fourth-order valence-corrected chi connectivity index (χ4v) is 2.88. The average molecular weight is 326 g/mol. The van der Waals surface area contributed by atoms with Crippen LogP contribution in [0.5, 0.6) is 0 Å². The van der Waals surface area contributed by atoms with Gasteiger partial charge < -0.3 is 18.9 Å². The number of H-pyrrole nitrogens is 1. The van der Waals surface area contributed by atoms with E-state index in [4.69, 9.17) is 18.9 Å². The van der Waals surface area contributed by atoms with E-state index >= 15 is 0 Å². The van der Waals surface area contributed by atoms with Crippen molar-refractivity contribution in [3.63, 3.8) is 0 Å². The van der Waals surface area contributed by atoms with Gasteiger partial charge >= 0.3 is 11.7 Å². The largest absolute Gasteiger partial charge is 0.467 e. The van der Waals surface area contributed by atoms with Gasteiger partial charge in [-0.1, -0.05) is 0 Å². The van der Waals surface area contributed by atoms with E-state index in [9.17, 15) is 14.4 Å². The van der Waals surface area contributed by atoms with Gasteiger partial charge in [-0.2, -0.15) is 0 Å². The normalized spacial score (nSPS) is 31.8. The van der Waals surface area contributed by atoms with Crippen LogP contribution in [0.4, 0.5) is 0 Å². The Balaban J connectivity index is 2.03. The van der Waals surface area contributed by atoms with Crippen molar-refractivity contribution in [3.05, 3.63) is 32.6 Å². The Morgan fingerprint density at radius 2 is 1.96 bits per heavy atom. The molecule has 0 aliphatic carbocycles. The van der Waals surface area contributed by atoms with Crippen molar-refractivity contribution < 1.29 is 23.7 Å². The number of methoxy groups -OCH3 is 1. The fraction of sp³-hybridized carbons (Fsp3) is 0.643. The van der Waals surface area contributed by atoms with E-state index in [0.29, 0.717) is 5.56 Å². The number of aromatic nitrogens is 2. The van der Waals surface area contributed by atoms with Crippen molar-refractivity contribution in [2.45, 2.75) is 51.1 Å². The molecule has 1 aromatic heterocycles. The molecular formula is C14H18N2O7. The molecule has 0 saturated carbocycles. The molecule has 2 fully saturated rings. The van der Waals surface area contributed by atoms with Gasteiger partial charge in [0.25, 0.3) is 5.56 Å².